The monoisotopic (exact) mass is 207 g/mol. The summed E-state index contributed by atoms with van der Waals surface area (Å²) in [5, 5.41) is 7.49. The largest absolute Gasteiger partial charge is 0.339 e. The topological polar surface area (TPSA) is 51.0 Å². The third kappa shape index (κ3) is 1.78. The Kier molecular flexibility index (Phi) is 2.44. The average Bonchev–Trinajstić information content (AvgIpc) is 2.66. The first-order valence-electron chi connectivity index (χ1n) is 5.97. The Morgan fingerprint density at radius 3 is 2.67 bits per heavy atom. The van der Waals surface area contributed by atoms with E-state index in [-0.39, 0.29) is 0 Å². The molecule has 1 atom stereocenters. The fourth-order valence-electron chi connectivity index (χ4n) is 2.31. The maximum absolute atomic E-state index is 5.33. The van der Waals surface area contributed by atoms with Crippen LogP contribution in [0.15, 0.2) is 4.52 Å². The highest BCUT2D eigenvalue weighted by molar-refractivity contribution is 5.03. The predicted molar refractivity (Wildman–Crippen MR) is 55.7 cm³/mol. The molecule has 82 valence electrons. The van der Waals surface area contributed by atoms with E-state index in [1.807, 2.05) is 0 Å². The lowest BCUT2D eigenvalue weighted by Gasteiger charge is -2.21. The summed E-state index contributed by atoms with van der Waals surface area (Å²) in [5.41, 5.74) is 0. The van der Waals surface area contributed by atoms with Gasteiger partial charge in [0, 0.05) is 18.4 Å². The third-order valence-electron chi connectivity index (χ3n) is 3.57. The fourth-order valence-corrected chi connectivity index (χ4v) is 2.31. The van der Waals surface area contributed by atoms with Crippen molar-refractivity contribution in [2.24, 2.45) is 0 Å². The standard InChI is InChI=1S/C11H17N3O/c1-3-8(4-1)11-13-10(14-15-11)9-5-2-6-12-7-9/h8-9,12H,1-7H2/t9-/m1/s1. The number of aromatic nitrogens is 2. The first kappa shape index (κ1) is 9.33. The molecule has 15 heavy (non-hydrogen) atoms. The van der Waals surface area contributed by atoms with Crippen LogP contribution >= 0.6 is 0 Å². The van der Waals surface area contributed by atoms with Gasteiger partial charge in [0.25, 0.3) is 0 Å². The van der Waals surface area contributed by atoms with Crippen molar-refractivity contribution in [3.63, 3.8) is 0 Å². The Balaban J connectivity index is 1.71. The highest BCUT2D eigenvalue weighted by Crippen LogP contribution is 2.35. The maximum atomic E-state index is 5.33. The Morgan fingerprint density at radius 1 is 1.13 bits per heavy atom. The van der Waals surface area contributed by atoms with Crippen LogP contribution in [0.2, 0.25) is 0 Å². The van der Waals surface area contributed by atoms with Crippen molar-refractivity contribution < 1.29 is 4.52 Å². The van der Waals surface area contributed by atoms with Crippen molar-refractivity contribution in [1.29, 1.82) is 0 Å². The van der Waals surface area contributed by atoms with Crippen LogP contribution in [-0.4, -0.2) is 23.2 Å². The Labute approximate surface area is 89.4 Å². The van der Waals surface area contributed by atoms with Crippen LogP contribution in [0.25, 0.3) is 0 Å². The molecule has 1 N–H and O–H groups in total. The predicted octanol–water partition coefficient (Wildman–Crippen LogP) is 1.80. The van der Waals surface area contributed by atoms with Gasteiger partial charge in [-0.3, -0.25) is 0 Å². The van der Waals surface area contributed by atoms with Gasteiger partial charge in [0.2, 0.25) is 5.89 Å². The minimum atomic E-state index is 0.469. The highest BCUT2D eigenvalue weighted by Gasteiger charge is 2.27. The summed E-state index contributed by atoms with van der Waals surface area (Å²) in [6.07, 6.45) is 6.18. The Bertz CT molecular complexity index is 326. The summed E-state index contributed by atoms with van der Waals surface area (Å²) in [4.78, 5) is 4.54. The molecule has 1 saturated heterocycles. The second-order valence-electron chi connectivity index (χ2n) is 4.66. The molecule has 1 aromatic rings. The van der Waals surface area contributed by atoms with E-state index in [0.29, 0.717) is 11.8 Å². The summed E-state index contributed by atoms with van der Waals surface area (Å²) in [7, 11) is 0. The molecule has 1 aliphatic carbocycles. The smallest absolute Gasteiger partial charge is 0.229 e. The van der Waals surface area contributed by atoms with Gasteiger partial charge in [-0.25, -0.2) is 0 Å². The van der Waals surface area contributed by atoms with Crippen molar-refractivity contribution in [3.8, 4) is 0 Å². The highest BCUT2D eigenvalue weighted by atomic mass is 16.5. The number of nitrogens with zero attached hydrogens (tertiary/aromatic N) is 2. The molecular formula is C11H17N3O. The molecule has 4 heteroatoms. The van der Waals surface area contributed by atoms with Crippen molar-refractivity contribution in [3.05, 3.63) is 11.7 Å². The van der Waals surface area contributed by atoms with Crippen LogP contribution in [0.4, 0.5) is 0 Å². The molecule has 0 unspecified atom stereocenters. The number of piperidine rings is 1. The van der Waals surface area contributed by atoms with E-state index >= 15 is 0 Å². The minimum Gasteiger partial charge on any atom is -0.339 e. The number of hydrogen-bond donors (Lipinski definition) is 1. The van der Waals surface area contributed by atoms with Crippen LogP contribution in [0.3, 0.4) is 0 Å². The SMILES string of the molecule is C1CC(c2nc([C@@H]3CCCNC3)no2)C1. The lowest BCUT2D eigenvalue weighted by Crippen LogP contribution is -2.29. The molecule has 1 aromatic heterocycles. The van der Waals surface area contributed by atoms with Gasteiger partial charge in [-0.05, 0) is 32.2 Å². The van der Waals surface area contributed by atoms with Gasteiger partial charge in [-0.15, -0.1) is 0 Å². The van der Waals surface area contributed by atoms with Gasteiger partial charge >= 0.3 is 0 Å². The van der Waals surface area contributed by atoms with Crippen molar-refractivity contribution in [2.45, 2.75) is 43.9 Å². The fraction of sp³-hybridized carbons (Fsp3) is 0.818. The second kappa shape index (κ2) is 3.93. The second-order valence-corrected chi connectivity index (χ2v) is 4.66. The molecule has 1 aliphatic heterocycles. The molecule has 4 nitrogen and oxygen atoms in total. The van der Waals surface area contributed by atoms with Crippen molar-refractivity contribution >= 4 is 0 Å². The summed E-state index contributed by atoms with van der Waals surface area (Å²) in [6, 6.07) is 0. The van der Waals surface area contributed by atoms with E-state index in [4.69, 9.17) is 4.52 Å². The molecular weight excluding hydrogens is 190 g/mol. The first-order valence-corrected chi connectivity index (χ1v) is 5.97. The van der Waals surface area contributed by atoms with Gasteiger partial charge in [0.1, 0.15) is 0 Å². The van der Waals surface area contributed by atoms with E-state index in [9.17, 15) is 0 Å². The summed E-state index contributed by atoms with van der Waals surface area (Å²) in [6.45, 7) is 2.13. The molecule has 2 heterocycles. The molecule has 0 radical (unpaired) electrons. The third-order valence-corrected chi connectivity index (χ3v) is 3.57. The zero-order valence-corrected chi connectivity index (χ0v) is 8.91. The molecule has 0 aromatic carbocycles. The van der Waals surface area contributed by atoms with Crippen LogP contribution in [0.5, 0.6) is 0 Å². The zero-order valence-electron chi connectivity index (χ0n) is 8.91. The number of rotatable bonds is 2. The molecule has 3 rings (SSSR count). The first-order chi connectivity index (χ1) is 7.43. The lowest BCUT2D eigenvalue weighted by molar-refractivity contribution is 0.289. The lowest BCUT2D eigenvalue weighted by atomic mass is 9.85. The van der Waals surface area contributed by atoms with Gasteiger partial charge in [-0.1, -0.05) is 11.6 Å². The van der Waals surface area contributed by atoms with E-state index < -0.39 is 0 Å². The molecule has 0 bridgehead atoms. The Hall–Kier alpha value is -0.900. The average molecular weight is 207 g/mol. The van der Waals surface area contributed by atoms with Gasteiger partial charge < -0.3 is 9.84 Å². The number of nitrogens with one attached hydrogen (secondary N) is 1. The zero-order chi connectivity index (χ0) is 10.1. The van der Waals surface area contributed by atoms with Crippen molar-refractivity contribution in [1.82, 2.24) is 15.5 Å². The van der Waals surface area contributed by atoms with Crippen LogP contribution in [0, 0.1) is 0 Å². The van der Waals surface area contributed by atoms with E-state index in [1.165, 1.54) is 32.1 Å². The van der Waals surface area contributed by atoms with Gasteiger partial charge in [0.05, 0.1) is 0 Å². The normalized spacial score (nSPS) is 27.6. The van der Waals surface area contributed by atoms with E-state index in [2.05, 4.69) is 15.5 Å². The van der Waals surface area contributed by atoms with E-state index in [0.717, 1.165) is 24.8 Å². The minimum absolute atomic E-state index is 0.469. The summed E-state index contributed by atoms with van der Waals surface area (Å²) >= 11 is 0. The van der Waals surface area contributed by atoms with Crippen molar-refractivity contribution in [2.75, 3.05) is 13.1 Å². The number of hydrogen-bond acceptors (Lipinski definition) is 4. The molecule has 2 fully saturated rings. The molecule has 0 spiro atoms. The summed E-state index contributed by atoms with van der Waals surface area (Å²) < 4.78 is 5.33. The Morgan fingerprint density at radius 2 is 2.00 bits per heavy atom. The van der Waals surface area contributed by atoms with Gasteiger partial charge in [0.15, 0.2) is 5.82 Å². The summed E-state index contributed by atoms with van der Waals surface area (Å²) in [5.74, 6) is 2.82. The molecule has 2 aliphatic rings. The quantitative estimate of drug-likeness (QED) is 0.803. The van der Waals surface area contributed by atoms with Crippen LogP contribution in [0.1, 0.15) is 55.7 Å². The van der Waals surface area contributed by atoms with E-state index in [1.54, 1.807) is 0 Å². The molecule has 0 amide bonds. The van der Waals surface area contributed by atoms with Gasteiger partial charge in [-0.2, -0.15) is 4.98 Å². The van der Waals surface area contributed by atoms with Crippen LogP contribution in [-0.2, 0) is 0 Å². The maximum Gasteiger partial charge on any atom is 0.229 e. The molecule has 1 saturated carbocycles. The van der Waals surface area contributed by atoms with Crippen LogP contribution < -0.4 is 5.32 Å².